The molecule has 26 heavy (non-hydrogen) atoms. The van der Waals surface area contributed by atoms with Crippen molar-refractivity contribution in [2.45, 2.75) is 76.9 Å². The number of carbonyl (C=O) groups excluding carboxylic acids is 1. The zero-order valence-corrected chi connectivity index (χ0v) is 16.9. The van der Waals surface area contributed by atoms with E-state index in [1.807, 2.05) is 0 Å². The molecule has 1 saturated heterocycles. The zero-order valence-electron chi connectivity index (χ0n) is 16.9. The van der Waals surface area contributed by atoms with Crippen LogP contribution in [0.25, 0.3) is 0 Å². The largest absolute Gasteiger partial charge is 0.376 e. The van der Waals surface area contributed by atoms with Gasteiger partial charge in [-0.3, -0.25) is 4.79 Å². The van der Waals surface area contributed by atoms with E-state index in [4.69, 9.17) is 4.74 Å². The molecule has 1 saturated carbocycles. The van der Waals surface area contributed by atoms with Crippen LogP contribution in [0, 0.1) is 5.92 Å². The average molecular weight is 367 g/mol. The van der Waals surface area contributed by atoms with Crippen LogP contribution in [0.5, 0.6) is 0 Å². The second-order valence-electron chi connectivity index (χ2n) is 7.97. The average Bonchev–Trinajstić information content (AvgIpc) is 2.66. The van der Waals surface area contributed by atoms with Crippen LogP contribution in [0.2, 0.25) is 0 Å². The molecule has 1 heterocycles. The Kier molecular flexibility index (Phi) is 9.23. The maximum atomic E-state index is 11.9. The van der Waals surface area contributed by atoms with Crippen molar-refractivity contribution >= 4 is 11.9 Å². The molecule has 1 atom stereocenters. The Labute approximate surface area is 159 Å². The zero-order chi connectivity index (χ0) is 18.8. The highest BCUT2D eigenvalue weighted by Gasteiger charge is 2.22. The van der Waals surface area contributed by atoms with E-state index in [2.05, 4.69) is 22.5 Å². The molecule has 0 aromatic rings. The van der Waals surface area contributed by atoms with Gasteiger partial charge in [-0.1, -0.05) is 19.8 Å². The summed E-state index contributed by atoms with van der Waals surface area (Å²) in [5.74, 6) is 1.66. The maximum Gasteiger partial charge on any atom is 0.243 e. The second-order valence-corrected chi connectivity index (χ2v) is 7.97. The minimum absolute atomic E-state index is 0.0201. The van der Waals surface area contributed by atoms with Crippen molar-refractivity contribution in [1.82, 2.24) is 15.5 Å². The van der Waals surface area contributed by atoms with Crippen molar-refractivity contribution in [3.63, 3.8) is 0 Å². The second kappa shape index (κ2) is 11.4. The summed E-state index contributed by atoms with van der Waals surface area (Å²) in [5, 5.41) is 6.98. The lowest BCUT2D eigenvalue weighted by molar-refractivity contribution is -0.127. The highest BCUT2D eigenvalue weighted by atomic mass is 16.5. The van der Waals surface area contributed by atoms with Gasteiger partial charge in [0.25, 0.3) is 0 Å². The Hall–Kier alpha value is -1.30. The Morgan fingerprint density at radius 3 is 2.54 bits per heavy atom. The Morgan fingerprint density at radius 1 is 1.15 bits per heavy atom. The summed E-state index contributed by atoms with van der Waals surface area (Å²) >= 11 is 0. The number of nitrogens with one attached hydrogen (secondary N) is 2. The number of carbonyl (C=O) groups is 1. The molecule has 2 rings (SSSR count). The predicted octanol–water partition coefficient (Wildman–Crippen LogP) is 2.54. The van der Waals surface area contributed by atoms with E-state index in [9.17, 15) is 4.79 Å². The van der Waals surface area contributed by atoms with Crippen LogP contribution >= 0.6 is 0 Å². The van der Waals surface area contributed by atoms with Gasteiger partial charge < -0.3 is 20.3 Å². The Bertz CT molecular complexity index is 439. The Morgan fingerprint density at radius 2 is 1.92 bits per heavy atom. The number of guanidine groups is 1. The van der Waals surface area contributed by atoms with Crippen LogP contribution in [0.4, 0.5) is 0 Å². The van der Waals surface area contributed by atoms with Crippen molar-refractivity contribution in [2.75, 3.05) is 33.8 Å². The molecule has 6 nitrogen and oxygen atoms in total. The third-order valence-electron chi connectivity index (χ3n) is 5.53. The van der Waals surface area contributed by atoms with Gasteiger partial charge in [0.2, 0.25) is 5.91 Å². The van der Waals surface area contributed by atoms with E-state index in [0.29, 0.717) is 6.04 Å². The summed E-state index contributed by atoms with van der Waals surface area (Å²) in [6.07, 6.45) is 11.3. The van der Waals surface area contributed by atoms with Gasteiger partial charge in [0.15, 0.2) is 5.96 Å². The van der Waals surface area contributed by atoms with Gasteiger partial charge >= 0.3 is 0 Å². The Balaban J connectivity index is 1.85. The molecule has 2 fully saturated rings. The van der Waals surface area contributed by atoms with Crippen LogP contribution in [0.1, 0.15) is 64.7 Å². The highest BCUT2D eigenvalue weighted by Crippen LogP contribution is 2.27. The molecule has 0 radical (unpaired) electrons. The molecule has 0 aromatic carbocycles. The summed E-state index contributed by atoms with van der Waals surface area (Å²) in [4.78, 5) is 18.0. The number of amides is 1. The summed E-state index contributed by atoms with van der Waals surface area (Å²) in [7, 11) is 3.53. The molecule has 1 aliphatic carbocycles. The molecule has 2 N–H and O–H groups in total. The minimum atomic E-state index is 0.0201. The topological polar surface area (TPSA) is 66.0 Å². The molecule has 6 heteroatoms. The number of likely N-dealkylation sites (N-methyl/N-ethyl adjacent to an activating group) is 1. The van der Waals surface area contributed by atoms with E-state index in [-0.39, 0.29) is 18.6 Å². The lowest BCUT2D eigenvalue weighted by Crippen LogP contribution is -2.48. The van der Waals surface area contributed by atoms with Gasteiger partial charge in [-0.15, -0.1) is 0 Å². The first kappa shape index (κ1) is 21.0. The number of ether oxygens (including phenoxy) is 1. The first-order valence-corrected chi connectivity index (χ1v) is 10.4. The fourth-order valence-corrected chi connectivity index (χ4v) is 3.82. The van der Waals surface area contributed by atoms with Gasteiger partial charge in [0, 0.05) is 33.3 Å². The number of aliphatic imine (C=N–C) groups is 1. The number of hydrogen-bond acceptors (Lipinski definition) is 3. The van der Waals surface area contributed by atoms with Crippen molar-refractivity contribution in [3.05, 3.63) is 0 Å². The fourth-order valence-electron chi connectivity index (χ4n) is 3.82. The SMILES string of the molecule is CCCC1CCC(NC(=NCC(=O)N(C)C)NCC2CCCCO2)CC1. The van der Waals surface area contributed by atoms with Crippen molar-refractivity contribution in [3.8, 4) is 0 Å². The van der Waals surface area contributed by atoms with Gasteiger partial charge in [0.05, 0.1) is 6.10 Å². The van der Waals surface area contributed by atoms with Crippen molar-refractivity contribution < 1.29 is 9.53 Å². The lowest BCUT2D eigenvalue weighted by atomic mass is 9.83. The fraction of sp³-hybridized carbons (Fsp3) is 0.900. The van der Waals surface area contributed by atoms with Crippen LogP contribution in [-0.4, -0.2) is 62.7 Å². The standard InChI is InChI=1S/C20H38N4O2/c1-4-7-16-9-11-17(12-10-16)23-20(22-15-19(25)24(2)3)21-14-18-8-5-6-13-26-18/h16-18H,4-15H2,1-3H3,(H2,21,22,23). The molecule has 1 unspecified atom stereocenters. The third kappa shape index (κ3) is 7.52. The van der Waals surface area contributed by atoms with Gasteiger partial charge in [-0.2, -0.15) is 0 Å². The number of rotatable bonds is 7. The van der Waals surface area contributed by atoms with Gasteiger partial charge in [-0.25, -0.2) is 4.99 Å². The molecular formula is C20H38N4O2. The van der Waals surface area contributed by atoms with Gasteiger partial charge in [-0.05, 0) is 50.9 Å². The molecule has 0 bridgehead atoms. The van der Waals surface area contributed by atoms with Crippen molar-refractivity contribution in [2.24, 2.45) is 10.9 Å². The highest BCUT2D eigenvalue weighted by molar-refractivity contribution is 5.84. The summed E-state index contributed by atoms with van der Waals surface area (Å²) in [6.45, 7) is 4.06. The van der Waals surface area contributed by atoms with Crippen LogP contribution < -0.4 is 10.6 Å². The quantitative estimate of drug-likeness (QED) is 0.537. The monoisotopic (exact) mass is 366 g/mol. The molecule has 0 spiro atoms. The number of hydrogen-bond donors (Lipinski definition) is 2. The first-order chi connectivity index (χ1) is 12.6. The van der Waals surface area contributed by atoms with E-state index in [0.717, 1.165) is 37.9 Å². The van der Waals surface area contributed by atoms with E-state index in [1.165, 1.54) is 44.9 Å². The molecule has 0 aromatic heterocycles. The van der Waals surface area contributed by atoms with Crippen LogP contribution in [0.15, 0.2) is 4.99 Å². The molecule has 2 aliphatic rings. The minimum Gasteiger partial charge on any atom is -0.376 e. The smallest absolute Gasteiger partial charge is 0.243 e. The van der Waals surface area contributed by atoms with E-state index in [1.54, 1.807) is 19.0 Å². The summed E-state index contributed by atoms with van der Waals surface area (Å²) in [6, 6.07) is 0.455. The number of nitrogens with zero attached hydrogens (tertiary/aromatic N) is 2. The summed E-state index contributed by atoms with van der Waals surface area (Å²) in [5.41, 5.74) is 0. The van der Waals surface area contributed by atoms with E-state index >= 15 is 0 Å². The maximum absolute atomic E-state index is 11.9. The third-order valence-corrected chi connectivity index (χ3v) is 5.53. The normalized spacial score (nSPS) is 27.0. The molecule has 1 aliphatic heterocycles. The molecular weight excluding hydrogens is 328 g/mol. The van der Waals surface area contributed by atoms with Crippen molar-refractivity contribution in [1.29, 1.82) is 0 Å². The van der Waals surface area contributed by atoms with Gasteiger partial charge in [0.1, 0.15) is 6.54 Å². The van der Waals surface area contributed by atoms with Crippen LogP contribution in [0.3, 0.4) is 0 Å². The van der Waals surface area contributed by atoms with Crippen LogP contribution in [-0.2, 0) is 9.53 Å². The molecule has 150 valence electrons. The summed E-state index contributed by atoms with van der Waals surface area (Å²) < 4.78 is 5.80. The van der Waals surface area contributed by atoms with E-state index < -0.39 is 0 Å². The first-order valence-electron chi connectivity index (χ1n) is 10.4. The lowest BCUT2D eigenvalue weighted by Gasteiger charge is -2.31. The predicted molar refractivity (Wildman–Crippen MR) is 106 cm³/mol. The molecule has 1 amide bonds.